The maximum absolute atomic E-state index is 13.4. The van der Waals surface area contributed by atoms with Crippen LogP contribution in [0, 0.1) is 0 Å². The number of hydrogen-bond acceptors (Lipinski definition) is 2. The number of para-hydroxylation sites is 1. The lowest BCUT2D eigenvalue weighted by atomic mass is 9.91. The van der Waals surface area contributed by atoms with Crippen LogP contribution in [0.5, 0.6) is 0 Å². The van der Waals surface area contributed by atoms with Gasteiger partial charge < -0.3 is 14.0 Å². The molecule has 0 spiro atoms. The monoisotopic (exact) mass is 453 g/mol. The predicted molar refractivity (Wildman–Crippen MR) is 137 cm³/mol. The number of amides is 1. The normalized spacial score (nSPS) is 16.5. The molecule has 5 heteroatoms. The number of rotatable bonds is 4. The van der Waals surface area contributed by atoms with E-state index in [1.54, 1.807) is 0 Å². The van der Waals surface area contributed by atoms with Crippen LogP contribution in [0.1, 0.15) is 71.7 Å². The molecule has 1 unspecified atom stereocenters. The molecule has 0 N–H and O–H groups in total. The Hall–Kier alpha value is -3.34. The average Bonchev–Trinajstić information content (AvgIpc) is 3.58. The average molecular weight is 454 g/mol. The molecular weight excluding hydrogens is 422 g/mol. The third kappa shape index (κ3) is 3.06. The molecule has 2 aliphatic heterocycles. The second kappa shape index (κ2) is 8.15. The van der Waals surface area contributed by atoms with Crippen molar-refractivity contribution in [3.8, 4) is 11.3 Å². The first-order valence-corrected chi connectivity index (χ1v) is 12.6. The van der Waals surface area contributed by atoms with Crippen LogP contribution >= 0.6 is 0 Å². The van der Waals surface area contributed by atoms with Crippen LogP contribution in [0.2, 0.25) is 0 Å². The highest BCUT2D eigenvalue weighted by atomic mass is 16.2. The summed E-state index contributed by atoms with van der Waals surface area (Å²) in [6.07, 6.45) is 7.23. The van der Waals surface area contributed by atoms with Crippen LogP contribution < -0.4 is 0 Å². The van der Waals surface area contributed by atoms with Gasteiger partial charge in [0.05, 0.1) is 16.8 Å². The molecule has 34 heavy (non-hydrogen) atoms. The molecule has 6 rings (SSSR count). The molecule has 5 nitrogen and oxygen atoms in total. The van der Waals surface area contributed by atoms with Crippen LogP contribution in [-0.2, 0) is 13.1 Å². The van der Waals surface area contributed by atoms with Crippen molar-refractivity contribution in [1.29, 1.82) is 0 Å². The molecule has 1 fully saturated rings. The number of aryl methyl sites for hydroxylation is 2. The zero-order valence-corrected chi connectivity index (χ0v) is 20.0. The highest BCUT2D eigenvalue weighted by Gasteiger charge is 2.29. The third-order valence-electron chi connectivity index (χ3n) is 7.93. The summed E-state index contributed by atoms with van der Waals surface area (Å²) in [4.78, 5) is 27.0. The lowest BCUT2D eigenvalue weighted by molar-refractivity contribution is 0.0794. The van der Waals surface area contributed by atoms with Gasteiger partial charge in [-0.2, -0.15) is 0 Å². The lowest BCUT2D eigenvalue weighted by Gasteiger charge is -2.20. The van der Waals surface area contributed by atoms with Gasteiger partial charge in [-0.15, -0.1) is 0 Å². The standard InChI is InChI=1S/C29H31N3O2/c1-3-19(2)26-22-11-10-20(18-33)16-25(22)32-15-7-14-31-17-24(29(34)30-12-4-5-13-30)21-8-6-9-23(27(21)31)28(26)32/h6,8-11,16-19H,3-5,7,12-15H2,1-2H3. The van der Waals surface area contributed by atoms with E-state index in [0.717, 1.165) is 80.1 Å². The highest BCUT2D eigenvalue weighted by molar-refractivity contribution is 6.11. The quantitative estimate of drug-likeness (QED) is 0.344. The van der Waals surface area contributed by atoms with E-state index in [2.05, 4.69) is 53.4 Å². The second-order valence-corrected chi connectivity index (χ2v) is 9.91. The van der Waals surface area contributed by atoms with Crippen molar-refractivity contribution in [2.45, 2.75) is 58.5 Å². The number of aldehydes is 1. The summed E-state index contributed by atoms with van der Waals surface area (Å²) in [6.45, 7) is 8.00. The minimum atomic E-state index is 0.163. The number of nitrogens with zero attached hydrogens (tertiary/aromatic N) is 3. The Morgan fingerprint density at radius 1 is 1.03 bits per heavy atom. The first-order valence-electron chi connectivity index (χ1n) is 12.6. The highest BCUT2D eigenvalue weighted by Crippen LogP contribution is 2.44. The van der Waals surface area contributed by atoms with Gasteiger partial charge in [-0.3, -0.25) is 9.59 Å². The second-order valence-electron chi connectivity index (χ2n) is 9.91. The maximum Gasteiger partial charge on any atom is 0.256 e. The van der Waals surface area contributed by atoms with Crippen molar-refractivity contribution in [2.75, 3.05) is 13.1 Å². The SMILES string of the molecule is CCC(C)c1c2n(c3cc(C=O)ccc13)CCCn1cc(C(=O)N3CCCC3)c3cccc-2c31. The fraction of sp³-hybridized carbons (Fsp3) is 0.379. The lowest BCUT2D eigenvalue weighted by Crippen LogP contribution is -2.27. The molecule has 0 radical (unpaired) electrons. The van der Waals surface area contributed by atoms with Gasteiger partial charge in [-0.1, -0.05) is 44.2 Å². The molecule has 1 amide bonds. The zero-order chi connectivity index (χ0) is 23.4. The van der Waals surface area contributed by atoms with Gasteiger partial charge in [0.2, 0.25) is 0 Å². The summed E-state index contributed by atoms with van der Waals surface area (Å²) in [7, 11) is 0. The fourth-order valence-corrected chi connectivity index (χ4v) is 6.08. The van der Waals surface area contributed by atoms with E-state index in [1.165, 1.54) is 22.2 Å². The number of fused-ring (bicyclic) bond motifs is 4. The summed E-state index contributed by atoms with van der Waals surface area (Å²) in [5.74, 6) is 0.542. The molecule has 1 saturated heterocycles. The molecule has 1 atom stereocenters. The zero-order valence-electron chi connectivity index (χ0n) is 20.0. The van der Waals surface area contributed by atoms with Crippen LogP contribution in [0.25, 0.3) is 33.1 Å². The van der Waals surface area contributed by atoms with Crippen molar-refractivity contribution >= 4 is 34.0 Å². The summed E-state index contributed by atoms with van der Waals surface area (Å²) in [6, 6.07) is 12.5. The van der Waals surface area contributed by atoms with Gasteiger partial charge in [0.1, 0.15) is 6.29 Å². The van der Waals surface area contributed by atoms with Crippen LogP contribution in [0.15, 0.2) is 42.6 Å². The number of likely N-dealkylation sites (tertiary alicyclic amines) is 1. The van der Waals surface area contributed by atoms with E-state index < -0.39 is 0 Å². The molecule has 0 bridgehead atoms. The van der Waals surface area contributed by atoms with E-state index in [9.17, 15) is 9.59 Å². The maximum atomic E-state index is 13.4. The molecule has 4 aromatic rings. The number of hydrogen-bond donors (Lipinski definition) is 0. The molecule has 2 aliphatic rings. The number of carbonyl (C=O) groups excluding carboxylic acids is 2. The van der Waals surface area contributed by atoms with Crippen molar-refractivity contribution in [1.82, 2.24) is 14.0 Å². The van der Waals surface area contributed by atoms with E-state index in [-0.39, 0.29) is 5.91 Å². The molecule has 2 aromatic heterocycles. The largest absolute Gasteiger partial charge is 0.346 e. The number of carbonyl (C=O) groups is 2. The molecule has 0 saturated carbocycles. The van der Waals surface area contributed by atoms with Gasteiger partial charge in [-0.05, 0) is 43.2 Å². The molecule has 4 heterocycles. The van der Waals surface area contributed by atoms with Gasteiger partial charge in [-0.25, -0.2) is 0 Å². The van der Waals surface area contributed by atoms with Crippen molar-refractivity contribution in [2.24, 2.45) is 0 Å². The van der Waals surface area contributed by atoms with Crippen molar-refractivity contribution in [3.05, 3.63) is 59.3 Å². The third-order valence-corrected chi connectivity index (χ3v) is 7.93. The fourth-order valence-electron chi connectivity index (χ4n) is 6.08. The summed E-state index contributed by atoms with van der Waals surface area (Å²) in [5.41, 5.74) is 7.63. The van der Waals surface area contributed by atoms with Gasteiger partial charge in [0.15, 0.2) is 0 Å². The van der Waals surface area contributed by atoms with E-state index in [4.69, 9.17) is 0 Å². The van der Waals surface area contributed by atoms with E-state index >= 15 is 0 Å². The molecule has 0 aliphatic carbocycles. The first kappa shape index (κ1) is 21.2. The van der Waals surface area contributed by atoms with Crippen molar-refractivity contribution < 1.29 is 9.59 Å². The summed E-state index contributed by atoms with van der Waals surface area (Å²) in [5, 5.41) is 2.29. The van der Waals surface area contributed by atoms with Crippen LogP contribution in [0.4, 0.5) is 0 Å². The van der Waals surface area contributed by atoms with Gasteiger partial charge in [0.25, 0.3) is 5.91 Å². The van der Waals surface area contributed by atoms with E-state index in [0.29, 0.717) is 11.5 Å². The number of aromatic nitrogens is 2. The Morgan fingerprint density at radius 2 is 1.85 bits per heavy atom. The minimum absolute atomic E-state index is 0.163. The Kier molecular flexibility index (Phi) is 5.09. The minimum Gasteiger partial charge on any atom is -0.346 e. The summed E-state index contributed by atoms with van der Waals surface area (Å²) < 4.78 is 4.74. The Morgan fingerprint density at radius 3 is 2.62 bits per heavy atom. The van der Waals surface area contributed by atoms with Gasteiger partial charge in [0, 0.05) is 59.8 Å². The smallest absolute Gasteiger partial charge is 0.256 e. The van der Waals surface area contributed by atoms with Crippen LogP contribution in [-0.4, -0.2) is 39.3 Å². The van der Waals surface area contributed by atoms with E-state index in [1.807, 2.05) is 17.0 Å². The molecule has 2 aromatic carbocycles. The molecule has 174 valence electrons. The van der Waals surface area contributed by atoms with Crippen molar-refractivity contribution in [3.63, 3.8) is 0 Å². The Labute approximate surface area is 200 Å². The number of benzene rings is 2. The molecular formula is C29H31N3O2. The van der Waals surface area contributed by atoms with Crippen LogP contribution in [0.3, 0.4) is 0 Å². The van der Waals surface area contributed by atoms with Gasteiger partial charge >= 0.3 is 0 Å². The Bertz CT molecular complexity index is 1440. The summed E-state index contributed by atoms with van der Waals surface area (Å²) >= 11 is 0. The topological polar surface area (TPSA) is 47.2 Å². The Balaban J connectivity index is 1.66. The first-order chi connectivity index (χ1) is 16.6. The predicted octanol–water partition coefficient (Wildman–Crippen LogP) is 6.23.